The number of benzene rings is 1. The van der Waals surface area contributed by atoms with Gasteiger partial charge in [0.15, 0.2) is 0 Å². The van der Waals surface area contributed by atoms with E-state index in [0.717, 1.165) is 15.6 Å². The van der Waals surface area contributed by atoms with E-state index in [1.54, 1.807) is 0 Å². The molecule has 0 spiro atoms. The fourth-order valence-corrected chi connectivity index (χ4v) is 2.01. The number of carbonyl (C=O) groups is 1. The average Bonchev–Trinajstić information content (AvgIpc) is 2.26. The van der Waals surface area contributed by atoms with Crippen LogP contribution in [0.25, 0.3) is 0 Å². The van der Waals surface area contributed by atoms with Crippen LogP contribution >= 0.6 is 15.9 Å². The lowest BCUT2D eigenvalue weighted by molar-refractivity contribution is 0.0523. The Balaban J connectivity index is 2.64. The van der Waals surface area contributed by atoms with E-state index < -0.39 is 11.7 Å². The van der Waals surface area contributed by atoms with Gasteiger partial charge in [-0.1, -0.05) is 22.0 Å². The molecule has 0 aliphatic carbocycles. The number of ether oxygens (including phenoxy) is 1. The van der Waals surface area contributed by atoms with E-state index in [-0.39, 0.29) is 6.61 Å². The third-order valence-corrected chi connectivity index (χ3v) is 2.86. The summed E-state index contributed by atoms with van der Waals surface area (Å²) < 4.78 is 6.13. The molecule has 4 nitrogen and oxygen atoms in total. The summed E-state index contributed by atoms with van der Waals surface area (Å²) in [7, 11) is 0. The second kappa shape index (κ2) is 6.91. The predicted molar refractivity (Wildman–Crippen MR) is 78.0 cm³/mol. The second-order valence-corrected chi connectivity index (χ2v) is 6.16. The number of carbonyl (C=O) groups excluding carboxylic acids is 1. The van der Waals surface area contributed by atoms with Crippen molar-refractivity contribution in [2.24, 2.45) is 0 Å². The lowest BCUT2D eigenvalue weighted by Gasteiger charge is -2.20. The lowest BCUT2D eigenvalue weighted by atomic mass is 10.1. The molecule has 0 aliphatic heterocycles. The molecule has 0 bridgehead atoms. The van der Waals surface area contributed by atoms with Crippen molar-refractivity contribution in [1.29, 1.82) is 0 Å². The van der Waals surface area contributed by atoms with Crippen LogP contribution in [0.4, 0.5) is 4.79 Å². The fourth-order valence-electron chi connectivity index (χ4n) is 1.60. The van der Waals surface area contributed by atoms with Crippen molar-refractivity contribution < 1.29 is 14.6 Å². The molecular formula is C14H20BrNO3. The molecule has 1 aromatic rings. The summed E-state index contributed by atoms with van der Waals surface area (Å²) in [6, 6.07) is 5.78. The Hall–Kier alpha value is -1.07. The van der Waals surface area contributed by atoms with Crippen LogP contribution in [0.5, 0.6) is 0 Å². The van der Waals surface area contributed by atoms with Gasteiger partial charge in [0.05, 0.1) is 0 Å². The Bertz CT molecular complexity index is 441. The van der Waals surface area contributed by atoms with Crippen molar-refractivity contribution in [2.45, 2.75) is 39.3 Å². The molecule has 1 aromatic carbocycles. The van der Waals surface area contributed by atoms with Gasteiger partial charge in [-0.3, -0.25) is 0 Å². The van der Waals surface area contributed by atoms with Crippen LogP contribution in [0.2, 0.25) is 0 Å². The van der Waals surface area contributed by atoms with Crippen LogP contribution in [0.3, 0.4) is 0 Å². The number of hydrogen-bond donors (Lipinski definition) is 2. The van der Waals surface area contributed by atoms with E-state index in [2.05, 4.69) is 21.2 Å². The van der Waals surface area contributed by atoms with E-state index >= 15 is 0 Å². The van der Waals surface area contributed by atoms with Crippen molar-refractivity contribution in [1.82, 2.24) is 5.32 Å². The van der Waals surface area contributed by atoms with E-state index in [9.17, 15) is 4.79 Å². The van der Waals surface area contributed by atoms with Crippen LogP contribution < -0.4 is 5.32 Å². The highest BCUT2D eigenvalue weighted by molar-refractivity contribution is 9.10. The normalized spacial score (nSPS) is 11.2. The summed E-state index contributed by atoms with van der Waals surface area (Å²) >= 11 is 3.39. The van der Waals surface area contributed by atoms with Gasteiger partial charge in [-0.25, -0.2) is 4.79 Å². The zero-order valence-corrected chi connectivity index (χ0v) is 13.1. The molecule has 0 saturated heterocycles. The Morgan fingerprint density at radius 3 is 2.63 bits per heavy atom. The predicted octanol–water partition coefficient (Wildman–Crippen LogP) is 3.01. The molecule has 2 N–H and O–H groups in total. The number of aliphatic hydroxyl groups excluding tert-OH is 1. The Morgan fingerprint density at radius 2 is 2.05 bits per heavy atom. The van der Waals surface area contributed by atoms with E-state index in [0.29, 0.717) is 13.0 Å². The first-order valence-corrected chi connectivity index (χ1v) is 6.96. The molecule has 19 heavy (non-hydrogen) atoms. The summed E-state index contributed by atoms with van der Waals surface area (Å²) in [5.41, 5.74) is 1.48. The maximum absolute atomic E-state index is 11.6. The van der Waals surface area contributed by atoms with Crippen molar-refractivity contribution >= 4 is 22.0 Å². The molecule has 0 unspecified atom stereocenters. The quantitative estimate of drug-likeness (QED) is 0.892. The number of alkyl carbamates (subject to hydrolysis) is 1. The fraction of sp³-hybridized carbons (Fsp3) is 0.500. The van der Waals surface area contributed by atoms with Gasteiger partial charge < -0.3 is 15.2 Å². The van der Waals surface area contributed by atoms with E-state index in [4.69, 9.17) is 9.84 Å². The van der Waals surface area contributed by atoms with Gasteiger partial charge >= 0.3 is 6.09 Å². The molecule has 1 amide bonds. The summed E-state index contributed by atoms with van der Waals surface area (Å²) in [6.45, 7) is 5.93. The minimum absolute atomic E-state index is 0.0793. The van der Waals surface area contributed by atoms with Crippen LogP contribution in [0.1, 0.15) is 31.9 Å². The molecule has 0 aliphatic rings. The average molecular weight is 330 g/mol. The molecule has 0 fully saturated rings. The Morgan fingerprint density at radius 1 is 1.37 bits per heavy atom. The molecule has 1 rings (SSSR count). The van der Waals surface area contributed by atoms with Crippen molar-refractivity contribution in [2.75, 3.05) is 6.61 Å². The molecule has 0 aromatic heterocycles. The number of rotatable bonds is 4. The zero-order valence-electron chi connectivity index (χ0n) is 11.5. The maximum Gasteiger partial charge on any atom is 0.407 e. The minimum atomic E-state index is -0.502. The molecule has 0 radical (unpaired) electrons. The molecule has 0 atom stereocenters. The highest BCUT2D eigenvalue weighted by atomic mass is 79.9. The van der Waals surface area contributed by atoms with Crippen molar-refractivity contribution in [3.05, 3.63) is 33.8 Å². The molecular weight excluding hydrogens is 310 g/mol. The van der Waals surface area contributed by atoms with Gasteiger partial charge in [-0.2, -0.15) is 0 Å². The molecule has 0 saturated carbocycles. The Labute approximate surface area is 122 Å². The highest BCUT2D eigenvalue weighted by Gasteiger charge is 2.16. The van der Waals surface area contributed by atoms with Gasteiger partial charge in [0.2, 0.25) is 0 Å². The summed E-state index contributed by atoms with van der Waals surface area (Å²) in [6.07, 6.45) is 0.121. The minimum Gasteiger partial charge on any atom is -0.444 e. The Kier molecular flexibility index (Phi) is 5.82. The summed E-state index contributed by atoms with van der Waals surface area (Å²) in [5, 5.41) is 11.8. The number of hydrogen-bond acceptors (Lipinski definition) is 3. The SMILES string of the molecule is CC(C)(C)OC(=O)NCc1ccc(Br)cc1CCO. The monoisotopic (exact) mass is 329 g/mol. The highest BCUT2D eigenvalue weighted by Crippen LogP contribution is 2.17. The summed E-state index contributed by atoms with van der Waals surface area (Å²) in [4.78, 5) is 11.6. The van der Waals surface area contributed by atoms with Gasteiger partial charge in [-0.15, -0.1) is 0 Å². The van der Waals surface area contributed by atoms with Gasteiger partial charge in [0.1, 0.15) is 5.60 Å². The number of nitrogens with one attached hydrogen (secondary N) is 1. The zero-order chi connectivity index (χ0) is 14.5. The maximum atomic E-state index is 11.6. The lowest BCUT2D eigenvalue weighted by Crippen LogP contribution is -2.32. The molecule has 0 heterocycles. The standard InChI is InChI=1S/C14H20BrNO3/c1-14(2,3)19-13(18)16-9-11-4-5-12(15)8-10(11)6-7-17/h4-5,8,17H,6-7,9H2,1-3H3,(H,16,18). The van der Waals surface area contributed by atoms with Crippen LogP contribution in [-0.2, 0) is 17.7 Å². The first-order valence-electron chi connectivity index (χ1n) is 6.17. The second-order valence-electron chi connectivity index (χ2n) is 5.24. The van der Waals surface area contributed by atoms with Gasteiger partial charge in [-0.05, 0) is 50.5 Å². The van der Waals surface area contributed by atoms with Crippen LogP contribution in [0.15, 0.2) is 22.7 Å². The van der Waals surface area contributed by atoms with Gasteiger partial charge in [0.25, 0.3) is 0 Å². The largest absolute Gasteiger partial charge is 0.444 e. The van der Waals surface area contributed by atoms with Crippen molar-refractivity contribution in [3.63, 3.8) is 0 Å². The number of halogens is 1. The third-order valence-electron chi connectivity index (χ3n) is 2.37. The number of amides is 1. The van der Waals surface area contributed by atoms with E-state index in [1.165, 1.54) is 0 Å². The van der Waals surface area contributed by atoms with Crippen LogP contribution in [-0.4, -0.2) is 23.4 Å². The first kappa shape index (κ1) is 16.0. The van der Waals surface area contributed by atoms with Gasteiger partial charge in [0, 0.05) is 17.6 Å². The third kappa shape index (κ3) is 6.07. The summed E-state index contributed by atoms with van der Waals surface area (Å²) in [5.74, 6) is 0. The van der Waals surface area contributed by atoms with Crippen molar-refractivity contribution in [3.8, 4) is 0 Å². The molecule has 106 valence electrons. The number of aliphatic hydroxyl groups is 1. The van der Waals surface area contributed by atoms with E-state index in [1.807, 2.05) is 39.0 Å². The smallest absolute Gasteiger partial charge is 0.407 e. The molecule has 5 heteroatoms. The first-order chi connectivity index (χ1) is 8.81. The van der Waals surface area contributed by atoms with Crippen LogP contribution in [0, 0.1) is 0 Å². The topological polar surface area (TPSA) is 58.6 Å².